The van der Waals surface area contributed by atoms with Gasteiger partial charge in [-0.3, -0.25) is 0 Å². The number of hydrogen-bond donors (Lipinski definition) is 0. The maximum absolute atomic E-state index is 2.47. The lowest BCUT2D eigenvalue weighted by Crippen LogP contribution is -2.09. The molecule has 0 N–H and O–H groups in total. The summed E-state index contributed by atoms with van der Waals surface area (Å²) in [4.78, 5) is 0. The van der Waals surface area contributed by atoms with Crippen LogP contribution in [-0.2, 0) is 0 Å². The zero-order valence-corrected chi connectivity index (χ0v) is 10.1. The van der Waals surface area contributed by atoms with Crippen molar-refractivity contribution < 1.29 is 0 Å². The zero-order valence-electron chi connectivity index (χ0n) is 6.94. The summed E-state index contributed by atoms with van der Waals surface area (Å²) in [5.74, 6) is 0. The first kappa shape index (κ1) is 9.51. The highest BCUT2D eigenvalue weighted by Gasteiger charge is 2.10. The van der Waals surface area contributed by atoms with Crippen LogP contribution in [-0.4, -0.2) is 13.2 Å². The van der Waals surface area contributed by atoms with Crippen LogP contribution in [0.5, 0.6) is 0 Å². The quantitative estimate of drug-likeness (QED) is 0.420. The lowest BCUT2D eigenvalue weighted by molar-refractivity contribution is 1.09. The molecule has 2 heteroatoms. The van der Waals surface area contributed by atoms with Crippen molar-refractivity contribution in [3.05, 3.63) is 23.4 Å². The third-order valence-electron chi connectivity index (χ3n) is 2.00. The molecular weight excluding hydrogens is 263 g/mol. The maximum atomic E-state index is 2.47. The fourth-order valence-electron chi connectivity index (χ4n) is 1.26. The van der Waals surface area contributed by atoms with Crippen LogP contribution in [0.15, 0.2) is 23.4 Å². The van der Waals surface area contributed by atoms with E-state index in [1.54, 1.807) is 5.20 Å². The Hall–Kier alpha value is 0.427. The van der Waals surface area contributed by atoms with Crippen molar-refractivity contribution in [3.8, 4) is 0 Å². The molecule has 0 spiro atoms. The zero-order chi connectivity index (χ0) is 8.10. The molecule has 0 unspecified atom stereocenters. The van der Waals surface area contributed by atoms with Gasteiger partial charge < -0.3 is 0 Å². The fraction of sp³-hybridized carbons (Fsp3) is 0.556. The van der Waals surface area contributed by atoms with E-state index in [1.165, 1.54) is 23.3 Å². The highest BCUT2D eigenvalue weighted by Crippen LogP contribution is 2.17. The minimum Gasteiger partial charge on any atom is -0.0864 e. The molecule has 1 rings (SSSR count). The van der Waals surface area contributed by atoms with Gasteiger partial charge in [-0.1, -0.05) is 58.6 Å². The van der Waals surface area contributed by atoms with Gasteiger partial charge in [0.1, 0.15) is 0 Å². The highest BCUT2D eigenvalue weighted by atomic mass is 127. The van der Waals surface area contributed by atoms with Gasteiger partial charge in [-0.2, -0.15) is 0 Å². The van der Waals surface area contributed by atoms with Crippen LogP contribution < -0.4 is 0 Å². The SMILES string of the molecule is C[Si](CCCI)C1=CC=CC1. The molecule has 1 aliphatic rings. The van der Waals surface area contributed by atoms with Gasteiger partial charge in [-0.15, -0.1) is 0 Å². The minimum atomic E-state index is -0.136. The van der Waals surface area contributed by atoms with E-state index in [0.717, 1.165) is 0 Å². The van der Waals surface area contributed by atoms with Crippen LogP contribution in [0.4, 0.5) is 0 Å². The van der Waals surface area contributed by atoms with E-state index in [2.05, 4.69) is 47.4 Å². The molecule has 0 fully saturated rings. The average molecular weight is 277 g/mol. The molecule has 0 aromatic rings. The van der Waals surface area contributed by atoms with E-state index < -0.39 is 0 Å². The molecule has 0 bridgehead atoms. The Balaban J connectivity index is 2.24. The summed E-state index contributed by atoms with van der Waals surface area (Å²) in [7, 11) is -0.136. The molecule has 0 nitrogen and oxygen atoms in total. The predicted octanol–water partition coefficient (Wildman–Crippen LogP) is 3.36. The summed E-state index contributed by atoms with van der Waals surface area (Å²) >= 11 is 2.47. The predicted molar refractivity (Wildman–Crippen MR) is 61.8 cm³/mol. The summed E-state index contributed by atoms with van der Waals surface area (Å²) in [5.41, 5.74) is 0. The first-order chi connectivity index (χ1) is 5.34. The van der Waals surface area contributed by atoms with Crippen molar-refractivity contribution in [2.45, 2.75) is 25.4 Å². The summed E-state index contributed by atoms with van der Waals surface area (Å²) in [5, 5.41) is 1.72. The van der Waals surface area contributed by atoms with Gasteiger partial charge in [0.15, 0.2) is 0 Å². The van der Waals surface area contributed by atoms with Crippen molar-refractivity contribution in [2.75, 3.05) is 4.43 Å². The normalized spacial score (nSPS) is 16.1. The third kappa shape index (κ3) is 3.11. The molecular formula is C9H14ISi. The van der Waals surface area contributed by atoms with Crippen molar-refractivity contribution >= 4 is 31.4 Å². The van der Waals surface area contributed by atoms with Gasteiger partial charge in [0.2, 0.25) is 0 Å². The monoisotopic (exact) mass is 277 g/mol. The molecule has 0 aromatic carbocycles. The molecule has 1 radical (unpaired) electrons. The fourth-order valence-corrected chi connectivity index (χ4v) is 4.23. The second-order valence-corrected chi connectivity index (χ2v) is 6.68. The van der Waals surface area contributed by atoms with E-state index in [4.69, 9.17) is 0 Å². The summed E-state index contributed by atoms with van der Waals surface area (Å²) in [6.45, 7) is 2.44. The van der Waals surface area contributed by atoms with Crippen LogP contribution in [0.1, 0.15) is 12.8 Å². The van der Waals surface area contributed by atoms with Gasteiger partial charge in [-0.05, 0) is 17.3 Å². The molecule has 0 atom stereocenters. The number of hydrogen-bond acceptors (Lipinski definition) is 0. The molecule has 0 aliphatic heterocycles. The highest BCUT2D eigenvalue weighted by molar-refractivity contribution is 14.1. The number of halogens is 1. The Morgan fingerprint density at radius 2 is 2.45 bits per heavy atom. The molecule has 0 saturated heterocycles. The topological polar surface area (TPSA) is 0 Å². The van der Waals surface area contributed by atoms with E-state index in [0.29, 0.717) is 0 Å². The molecule has 1 aliphatic carbocycles. The van der Waals surface area contributed by atoms with Gasteiger partial charge >= 0.3 is 0 Å². The molecule has 0 saturated carbocycles. The van der Waals surface area contributed by atoms with Crippen LogP contribution in [0.25, 0.3) is 0 Å². The number of allylic oxidation sites excluding steroid dienone is 4. The van der Waals surface area contributed by atoms with Gasteiger partial charge in [-0.25, -0.2) is 0 Å². The molecule has 11 heavy (non-hydrogen) atoms. The smallest absolute Gasteiger partial charge is 0.0773 e. The standard InChI is InChI=1S/C9H14ISi/c1-11(8-4-7-10)9-5-2-3-6-9/h2-3,5H,4,6-8H2,1H3. The van der Waals surface area contributed by atoms with Crippen molar-refractivity contribution in [3.63, 3.8) is 0 Å². The lowest BCUT2D eigenvalue weighted by atomic mass is 10.5. The van der Waals surface area contributed by atoms with E-state index in [9.17, 15) is 0 Å². The number of rotatable bonds is 4. The van der Waals surface area contributed by atoms with E-state index in [-0.39, 0.29) is 8.80 Å². The van der Waals surface area contributed by atoms with Gasteiger partial charge in [0.25, 0.3) is 0 Å². The van der Waals surface area contributed by atoms with Crippen LogP contribution >= 0.6 is 22.6 Å². The largest absolute Gasteiger partial charge is 0.0864 e. The molecule has 0 amide bonds. The van der Waals surface area contributed by atoms with Crippen molar-refractivity contribution in [2.24, 2.45) is 0 Å². The number of alkyl halides is 1. The second-order valence-electron chi connectivity index (χ2n) is 2.90. The van der Waals surface area contributed by atoms with Crippen LogP contribution in [0.3, 0.4) is 0 Å². The Bertz CT molecular complexity index is 172. The Morgan fingerprint density at radius 3 is 3.00 bits per heavy atom. The van der Waals surface area contributed by atoms with Gasteiger partial charge in [0.05, 0.1) is 8.80 Å². The van der Waals surface area contributed by atoms with Crippen molar-refractivity contribution in [1.82, 2.24) is 0 Å². The molecule has 0 heterocycles. The average Bonchev–Trinajstić information content (AvgIpc) is 2.52. The first-order valence-electron chi connectivity index (χ1n) is 4.09. The maximum Gasteiger partial charge on any atom is 0.0773 e. The van der Waals surface area contributed by atoms with E-state index >= 15 is 0 Å². The summed E-state index contributed by atoms with van der Waals surface area (Å²) < 4.78 is 1.32. The Kier molecular flexibility index (Phi) is 4.45. The van der Waals surface area contributed by atoms with Gasteiger partial charge in [0, 0.05) is 0 Å². The Labute approximate surface area is 84.5 Å². The molecule has 61 valence electrons. The van der Waals surface area contributed by atoms with Crippen LogP contribution in [0.2, 0.25) is 12.6 Å². The first-order valence-corrected chi connectivity index (χ1v) is 7.82. The van der Waals surface area contributed by atoms with Crippen molar-refractivity contribution in [1.29, 1.82) is 0 Å². The second kappa shape index (κ2) is 5.14. The third-order valence-corrected chi connectivity index (χ3v) is 5.34. The summed E-state index contributed by atoms with van der Waals surface area (Å²) in [6.07, 6.45) is 9.44. The molecule has 0 aromatic heterocycles. The van der Waals surface area contributed by atoms with Crippen LogP contribution in [0, 0.1) is 0 Å². The summed E-state index contributed by atoms with van der Waals surface area (Å²) in [6, 6.07) is 1.46. The lowest BCUT2D eigenvalue weighted by Gasteiger charge is -2.08. The Morgan fingerprint density at radius 1 is 1.64 bits per heavy atom. The minimum absolute atomic E-state index is 0.136. The van der Waals surface area contributed by atoms with E-state index in [1.807, 2.05) is 0 Å².